The maximum absolute atomic E-state index is 13.8. The zero-order valence-electron chi connectivity index (χ0n) is 14.8. The van der Waals surface area contributed by atoms with Crippen LogP contribution < -0.4 is 4.74 Å². The van der Waals surface area contributed by atoms with Gasteiger partial charge in [0.05, 0.1) is 18.9 Å². The van der Waals surface area contributed by atoms with Gasteiger partial charge in [-0.25, -0.2) is 12.8 Å². The predicted octanol–water partition coefficient (Wildman–Crippen LogP) is 2.48. The second kappa shape index (κ2) is 7.92. The van der Waals surface area contributed by atoms with Crippen molar-refractivity contribution in [3.8, 4) is 5.75 Å². The Morgan fingerprint density at radius 1 is 1.19 bits per heavy atom. The van der Waals surface area contributed by atoms with Gasteiger partial charge in [-0.1, -0.05) is 31.4 Å². The SMILES string of the molecule is COC(=O)C1CC(Oc2ccccc2F)CN1S(=O)(=O)C1CCCCC1. The first-order valence-electron chi connectivity index (χ1n) is 8.93. The molecule has 26 heavy (non-hydrogen) atoms. The molecule has 6 nitrogen and oxygen atoms in total. The number of halogens is 1. The Kier molecular flexibility index (Phi) is 5.82. The van der Waals surface area contributed by atoms with Crippen LogP contribution in [0, 0.1) is 5.82 Å². The number of rotatable bonds is 5. The summed E-state index contributed by atoms with van der Waals surface area (Å²) >= 11 is 0. The summed E-state index contributed by atoms with van der Waals surface area (Å²) in [7, 11) is -2.41. The fraction of sp³-hybridized carbons (Fsp3) is 0.611. The molecule has 2 fully saturated rings. The number of para-hydroxylation sites is 1. The van der Waals surface area contributed by atoms with Gasteiger partial charge in [-0.2, -0.15) is 4.31 Å². The van der Waals surface area contributed by atoms with Gasteiger partial charge in [0, 0.05) is 6.42 Å². The van der Waals surface area contributed by atoms with Crippen molar-refractivity contribution >= 4 is 16.0 Å². The summed E-state index contributed by atoms with van der Waals surface area (Å²) in [5.74, 6) is -1.07. The third kappa shape index (κ3) is 3.86. The molecule has 1 aromatic carbocycles. The Hall–Kier alpha value is -1.67. The molecule has 0 bridgehead atoms. The van der Waals surface area contributed by atoms with Crippen molar-refractivity contribution in [3.63, 3.8) is 0 Å². The maximum atomic E-state index is 13.8. The lowest BCUT2D eigenvalue weighted by molar-refractivity contribution is -0.144. The molecule has 1 saturated heterocycles. The molecule has 1 aliphatic heterocycles. The van der Waals surface area contributed by atoms with Gasteiger partial charge in [-0.05, 0) is 25.0 Å². The second-order valence-corrected chi connectivity index (χ2v) is 8.99. The molecule has 1 heterocycles. The molecule has 8 heteroatoms. The van der Waals surface area contributed by atoms with E-state index in [1.807, 2.05) is 0 Å². The van der Waals surface area contributed by atoms with Crippen LogP contribution in [0.5, 0.6) is 5.75 Å². The highest BCUT2D eigenvalue weighted by Gasteiger charge is 2.47. The third-order valence-corrected chi connectivity index (χ3v) is 7.49. The zero-order valence-corrected chi connectivity index (χ0v) is 15.6. The molecule has 1 aliphatic carbocycles. The largest absolute Gasteiger partial charge is 0.486 e. The van der Waals surface area contributed by atoms with E-state index in [2.05, 4.69) is 0 Å². The Morgan fingerprint density at radius 2 is 1.88 bits per heavy atom. The van der Waals surface area contributed by atoms with Crippen LogP contribution in [-0.4, -0.2) is 49.7 Å². The minimum Gasteiger partial charge on any atom is -0.486 e. The lowest BCUT2D eigenvalue weighted by Crippen LogP contribution is -2.46. The molecule has 1 saturated carbocycles. The molecule has 2 unspecified atom stereocenters. The van der Waals surface area contributed by atoms with Crippen LogP contribution in [0.25, 0.3) is 0 Å². The monoisotopic (exact) mass is 385 g/mol. The minimum absolute atomic E-state index is 0.0208. The van der Waals surface area contributed by atoms with E-state index in [1.165, 1.54) is 23.5 Å². The number of benzene rings is 1. The van der Waals surface area contributed by atoms with Gasteiger partial charge in [-0.15, -0.1) is 0 Å². The summed E-state index contributed by atoms with van der Waals surface area (Å²) in [6.45, 7) is 0.0208. The van der Waals surface area contributed by atoms with E-state index in [1.54, 1.807) is 12.1 Å². The van der Waals surface area contributed by atoms with Gasteiger partial charge in [-0.3, -0.25) is 4.79 Å². The van der Waals surface area contributed by atoms with Crippen LogP contribution in [0.2, 0.25) is 0 Å². The number of esters is 1. The van der Waals surface area contributed by atoms with Crippen LogP contribution in [0.15, 0.2) is 24.3 Å². The normalized spacial score (nSPS) is 25.2. The Labute approximate surface area is 153 Å². The van der Waals surface area contributed by atoms with Gasteiger partial charge >= 0.3 is 5.97 Å². The molecule has 0 N–H and O–H groups in total. The first-order chi connectivity index (χ1) is 12.4. The predicted molar refractivity (Wildman–Crippen MR) is 93.7 cm³/mol. The van der Waals surface area contributed by atoms with Gasteiger partial charge < -0.3 is 9.47 Å². The fourth-order valence-corrected chi connectivity index (χ4v) is 5.97. The van der Waals surface area contributed by atoms with Crippen molar-refractivity contribution in [2.75, 3.05) is 13.7 Å². The summed E-state index contributed by atoms with van der Waals surface area (Å²) in [4.78, 5) is 12.2. The summed E-state index contributed by atoms with van der Waals surface area (Å²) in [6, 6.07) is 5.03. The van der Waals surface area contributed by atoms with Gasteiger partial charge in [0.15, 0.2) is 11.6 Å². The van der Waals surface area contributed by atoms with E-state index in [9.17, 15) is 17.6 Å². The second-order valence-electron chi connectivity index (χ2n) is 6.82. The molecule has 0 amide bonds. The molecule has 1 aromatic rings. The Morgan fingerprint density at radius 3 is 2.54 bits per heavy atom. The van der Waals surface area contributed by atoms with Crippen LogP contribution in [-0.2, 0) is 19.6 Å². The van der Waals surface area contributed by atoms with Crippen LogP contribution in [0.4, 0.5) is 4.39 Å². The summed E-state index contributed by atoms with van der Waals surface area (Å²) in [5.41, 5.74) is 0. The van der Waals surface area contributed by atoms with E-state index in [4.69, 9.17) is 9.47 Å². The number of carbonyl (C=O) groups excluding carboxylic acids is 1. The van der Waals surface area contributed by atoms with Gasteiger partial charge in [0.2, 0.25) is 10.0 Å². The molecule has 144 valence electrons. The highest BCUT2D eigenvalue weighted by molar-refractivity contribution is 7.89. The van der Waals surface area contributed by atoms with E-state index in [0.29, 0.717) is 12.8 Å². The fourth-order valence-electron chi connectivity index (χ4n) is 3.76. The number of nitrogens with zero attached hydrogens (tertiary/aromatic N) is 1. The zero-order chi connectivity index (χ0) is 18.7. The molecule has 0 aromatic heterocycles. The molecular weight excluding hydrogens is 361 g/mol. The molecule has 0 spiro atoms. The number of hydrogen-bond donors (Lipinski definition) is 0. The number of carbonyl (C=O) groups is 1. The Bertz CT molecular complexity index is 748. The number of ether oxygens (including phenoxy) is 2. The highest BCUT2D eigenvalue weighted by atomic mass is 32.2. The Balaban J connectivity index is 1.81. The van der Waals surface area contributed by atoms with Crippen molar-refractivity contribution in [1.82, 2.24) is 4.31 Å². The molecule has 2 aliphatic rings. The average Bonchev–Trinajstić information content (AvgIpc) is 3.08. The maximum Gasteiger partial charge on any atom is 0.324 e. The number of methoxy groups -OCH3 is 1. The molecule has 3 rings (SSSR count). The first kappa shape index (κ1) is 19.1. The summed E-state index contributed by atoms with van der Waals surface area (Å²) in [6.07, 6.45) is 3.52. The topological polar surface area (TPSA) is 72.9 Å². The van der Waals surface area contributed by atoms with Gasteiger partial charge in [0.1, 0.15) is 12.1 Å². The van der Waals surface area contributed by atoms with Gasteiger partial charge in [0.25, 0.3) is 0 Å². The van der Waals surface area contributed by atoms with E-state index in [0.717, 1.165) is 19.3 Å². The van der Waals surface area contributed by atoms with Crippen molar-refractivity contribution in [3.05, 3.63) is 30.1 Å². The van der Waals surface area contributed by atoms with E-state index in [-0.39, 0.29) is 18.7 Å². The van der Waals surface area contributed by atoms with Crippen molar-refractivity contribution in [2.24, 2.45) is 0 Å². The smallest absolute Gasteiger partial charge is 0.324 e. The quantitative estimate of drug-likeness (QED) is 0.728. The van der Waals surface area contributed by atoms with Crippen LogP contribution in [0.1, 0.15) is 38.5 Å². The van der Waals surface area contributed by atoms with Crippen LogP contribution >= 0.6 is 0 Å². The standard InChI is InChI=1S/C18H24FNO5S/c1-24-18(21)16-11-13(25-17-10-6-5-9-15(17)19)12-20(16)26(22,23)14-7-3-2-4-8-14/h5-6,9-10,13-14,16H,2-4,7-8,11-12H2,1H3. The highest BCUT2D eigenvalue weighted by Crippen LogP contribution is 2.33. The lowest BCUT2D eigenvalue weighted by Gasteiger charge is -2.29. The van der Waals surface area contributed by atoms with Crippen LogP contribution in [0.3, 0.4) is 0 Å². The van der Waals surface area contributed by atoms with Crippen molar-refractivity contribution in [2.45, 2.75) is 55.9 Å². The molecule has 0 radical (unpaired) electrons. The number of hydrogen-bond acceptors (Lipinski definition) is 5. The van der Waals surface area contributed by atoms with Crippen molar-refractivity contribution in [1.29, 1.82) is 0 Å². The van der Waals surface area contributed by atoms with Crippen molar-refractivity contribution < 1.29 is 27.1 Å². The first-order valence-corrected chi connectivity index (χ1v) is 10.4. The summed E-state index contributed by atoms with van der Waals surface area (Å²) < 4.78 is 51.6. The van der Waals surface area contributed by atoms with E-state index < -0.39 is 39.2 Å². The third-order valence-electron chi connectivity index (χ3n) is 5.12. The summed E-state index contributed by atoms with van der Waals surface area (Å²) in [5, 5.41) is -0.476. The lowest BCUT2D eigenvalue weighted by atomic mass is 10.0. The number of sulfonamides is 1. The van der Waals surface area contributed by atoms with E-state index >= 15 is 0 Å². The molecular formula is C18H24FNO5S. The minimum atomic E-state index is -3.64. The molecule has 2 atom stereocenters. The average molecular weight is 385 g/mol.